The molecule has 3 N–H and O–H groups in total. The van der Waals surface area contributed by atoms with Crippen molar-refractivity contribution < 1.29 is 9.90 Å². The van der Waals surface area contributed by atoms with Gasteiger partial charge in [0.2, 0.25) is 0 Å². The average Bonchev–Trinajstić information content (AvgIpc) is 2.35. The molecule has 0 fully saturated rings. The zero-order valence-corrected chi connectivity index (χ0v) is 7.59. The quantitative estimate of drug-likeness (QED) is 0.659. The van der Waals surface area contributed by atoms with Gasteiger partial charge >= 0.3 is 5.97 Å². The maximum Gasteiger partial charge on any atom is 0.304 e. The second-order valence-corrected chi connectivity index (χ2v) is 2.96. The first-order chi connectivity index (χ1) is 5.20. The summed E-state index contributed by atoms with van der Waals surface area (Å²) in [5.41, 5.74) is 5.66. The summed E-state index contributed by atoms with van der Waals surface area (Å²) >= 11 is 0. The highest BCUT2D eigenvalue weighted by Crippen LogP contribution is 2.21. The summed E-state index contributed by atoms with van der Waals surface area (Å²) in [7, 11) is 0. The van der Waals surface area contributed by atoms with Crippen LogP contribution in [-0.2, 0) is 4.79 Å². The van der Waals surface area contributed by atoms with Crippen LogP contribution in [0.15, 0.2) is 12.2 Å². The summed E-state index contributed by atoms with van der Waals surface area (Å²) in [6.07, 6.45) is 6.09. The van der Waals surface area contributed by atoms with E-state index in [1.54, 1.807) is 0 Å². The Morgan fingerprint density at radius 1 is 1.58 bits per heavy atom. The van der Waals surface area contributed by atoms with Crippen molar-refractivity contribution in [2.75, 3.05) is 0 Å². The molecule has 0 aromatic heterocycles. The summed E-state index contributed by atoms with van der Waals surface area (Å²) in [5, 5.41) is 8.44. The van der Waals surface area contributed by atoms with E-state index in [1.807, 2.05) is 0 Å². The Hall–Kier alpha value is -0.540. The van der Waals surface area contributed by atoms with Crippen LogP contribution in [0.4, 0.5) is 0 Å². The molecule has 70 valence electrons. The molecule has 0 radical (unpaired) electrons. The molecule has 1 aliphatic carbocycles. The van der Waals surface area contributed by atoms with Gasteiger partial charge in [-0.05, 0) is 18.8 Å². The predicted octanol–water partition coefficient (Wildman–Crippen LogP) is 1.18. The molecular formula is C8H14ClNO2. The van der Waals surface area contributed by atoms with E-state index in [1.165, 1.54) is 0 Å². The molecule has 0 saturated heterocycles. The van der Waals surface area contributed by atoms with Gasteiger partial charge in [-0.1, -0.05) is 12.2 Å². The summed E-state index contributed by atoms with van der Waals surface area (Å²) < 4.78 is 0. The van der Waals surface area contributed by atoms with Crippen LogP contribution in [0, 0.1) is 5.92 Å². The molecule has 0 saturated carbocycles. The van der Waals surface area contributed by atoms with Crippen molar-refractivity contribution >= 4 is 18.4 Å². The van der Waals surface area contributed by atoms with E-state index in [0.717, 1.165) is 12.8 Å². The van der Waals surface area contributed by atoms with Crippen molar-refractivity contribution in [2.45, 2.75) is 25.3 Å². The van der Waals surface area contributed by atoms with E-state index >= 15 is 0 Å². The molecule has 0 aromatic carbocycles. The molecule has 0 aromatic rings. The number of nitrogens with two attached hydrogens (primary N) is 1. The summed E-state index contributed by atoms with van der Waals surface area (Å²) in [6, 6.07) is -0.178. The molecule has 12 heavy (non-hydrogen) atoms. The molecule has 1 rings (SSSR count). The first-order valence-corrected chi connectivity index (χ1v) is 3.82. The average molecular weight is 192 g/mol. The number of carboxylic acids is 1. The van der Waals surface area contributed by atoms with Gasteiger partial charge in [0.05, 0.1) is 6.42 Å². The van der Waals surface area contributed by atoms with Gasteiger partial charge < -0.3 is 10.8 Å². The van der Waals surface area contributed by atoms with Crippen LogP contribution < -0.4 is 5.73 Å². The zero-order chi connectivity index (χ0) is 8.27. The summed E-state index contributed by atoms with van der Waals surface area (Å²) in [5.74, 6) is -0.449. The zero-order valence-electron chi connectivity index (χ0n) is 6.77. The Kier molecular flexibility index (Phi) is 4.93. The van der Waals surface area contributed by atoms with Gasteiger partial charge in [0.1, 0.15) is 0 Å². The lowest BCUT2D eigenvalue weighted by molar-refractivity contribution is -0.137. The molecule has 0 heterocycles. The third-order valence-corrected chi connectivity index (χ3v) is 2.06. The standard InChI is InChI=1S/C8H13NO2.ClH/c9-7(5-8(10)11)6-3-1-2-4-6;/h1-2,6-7H,3-5,9H2,(H,10,11);1H. The van der Waals surface area contributed by atoms with Crippen LogP contribution in [0.1, 0.15) is 19.3 Å². The molecule has 0 aliphatic heterocycles. The third-order valence-electron chi connectivity index (χ3n) is 2.06. The predicted molar refractivity (Wildman–Crippen MR) is 49.3 cm³/mol. The first-order valence-electron chi connectivity index (χ1n) is 3.82. The third kappa shape index (κ3) is 3.24. The number of halogens is 1. The van der Waals surface area contributed by atoms with E-state index in [-0.39, 0.29) is 24.9 Å². The van der Waals surface area contributed by atoms with E-state index in [0.29, 0.717) is 5.92 Å². The molecule has 0 amide bonds. The van der Waals surface area contributed by atoms with Crippen LogP contribution in [0.25, 0.3) is 0 Å². The highest BCUT2D eigenvalue weighted by atomic mass is 35.5. The lowest BCUT2D eigenvalue weighted by Gasteiger charge is -2.15. The molecule has 0 spiro atoms. The monoisotopic (exact) mass is 191 g/mol. The Morgan fingerprint density at radius 2 is 2.08 bits per heavy atom. The van der Waals surface area contributed by atoms with Crippen LogP contribution >= 0.6 is 12.4 Å². The second kappa shape index (κ2) is 5.17. The Bertz CT molecular complexity index is 174. The number of carboxylic acid groups (broad SMARTS) is 1. The van der Waals surface area contributed by atoms with Gasteiger partial charge in [-0.15, -0.1) is 12.4 Å². The number of allylic oxidation sites excluding steroid dienone is 2. The van der Waals surface area contributed by atoms with E-state index in [4.69, 9.17) is 10.8 Å². The fourth-order valence-electron chi connectivity index (χ4n) is 1.36. The van der Waals surface area contributed by atoms with Crippen LogP contribution in [0.5, 0.6) is 0 Å². The van der Waals surface area contributed by atoms with Gasteiger partial charge in [-0.3, -0.25) is 4.79 Å². The molecular weight excluding hydrogens is 178 g/mol. The number of hydrogen-bond donors (Lipinski definition) is 2. The van der Waals surface area contributed by atoms with Crippen molar-refractivity contribution in [3.05, 3.63) is 12.2 Å². The number of aliphatic carboxylic acids is 1. The fraction of sp³-hybridized carbons (Fsp3) is 0.625. The second-order valence-electron chi connectivity index (χ2n) is 2.96. The summed E-state index contributed by atoms with van der Waals surface area (Å²) in [6.45, 7) is 0. The maximum absolute atomic E-state index is 10.3. The van der Waals surface area contributed by atoms with E-state index < -0.39 is 5.97 Å². The number of hydrogen-bond acceptors (Lipinski definition) is 2. The van der Waals surface area contributed by atoms with Crippen LogP contribution in [-0.4, -0.2) is 17.1 Å². The van der Waals surface area contributed by atoms with Gasteiger partial charge in [-0.2, -0.15) is 0 Å². The first kappa shape index (κ1) is 11.5. The number of carbonyl (C=O) groups is 1. The normalized spacial score (nSPS) is 18.8. The molecule has 3 nitrogen and oxygen atoms in total. The van der Waals surface area contributed by atoms with Crippen molar-refractivity contribution in [3.8, 4) is 0 Å². The minimum Gasteiger partial charge on any atom is -0.481 e. The highest BCUT2D eigenvalue weighted by molar-refractivity contribution is 5.85. The fourth-order valence-corrected chi connectivity index (χ4v) is 1.36. The number of rotatable bonds is 3. The maximum atomic E-state index is 10.3. The molecule has 0 bridgehead atoms. The largest absolute Gasteiger partial charge is 0.481 e. The van der Waals surface area contributed by atoms with Gasteiger partial charge in [-0.25, -0.2) is 0 Å². The minimum absolute atomic E-state index is 0. The van der Waals surface area contributed by atoms with Gasteiger partial charge in [0.15, 0.2) is 0 Å². The Morgan fingerprint density at radius 3 is 2.50 bits per heavy atom. The highest BCUT2D eigenvalue weighted by Gasteiger charge is 2.20. The van der Waals surface area contributed by atoms with Gasteiger partial charge in [0, 0.05) is 6.04 Å². The summed E-state index contributed by atoms with van der Waals surface area (Å²) in [4.78, 5) is 10.3. The van der Waals surface area contributed by atoms with E-state index in [2.05, 4.69) is 12.2 Å². The smallest absolute Gasteiger partial charge is 0.304 e. The molecule has 1 aliphatic rings. The minimum atomic E-state index is -0.801. The molecule has 1 atom stereocenters. The van der Waals surface area contributed by atoms with Crippen molar-refractivity contribution in [1.82, 2.24) is 0 Å². The van der Waals surface area contributed by atoms with Crippen molar-refractivity contribution in [1.29, 1.82) is 0 Å². The lowest BCUT2D eigenvalue weighted by Crippen LogP contribution is -2.31. The van der Waals surface area contributed by atoms with Crippen molar-refractivity contribution in [2.24, 2.45) is 11.7 Å². The molecule has 4 heteroatoms. The Labute approximate surface area is 78.0 Å². The topological polar surface area (TPSA) is 63.3 Å². The van der Waals surface area contributed by atoms with E-state index in [9.17, 15) is 4.79 Å². The van der Waals surface area contributed by atoms with Crippen molar-refractivity contribution in [3.63, 3.8) is 0 Å². The van der Waals surface area contributed by atoms with Gasteiger partial charge in [0.25, 0.3) is 0 Å². The van der Waals surface area contributed by atoms with Crippen LogP contribution in [0.3, 0.4) is 0 Å². The molecule has 1 unspecified atom stereocenters. The Balaban J connectivity index is 0.00000121. The SMILES string of the molecule is Cl.NC(CC(=O)O)C1CC=CC1. The van der Waals surface area contributed by atoms with Crippen LogP contribution in [0.2, 0.25) is 0 Å². The lowest BCUT2D eigenvalue weighted by atomic mass is 9.96.